The normalized spacial score (nSPS) is 62.5. The van der Waals surface area contributed by atoms with Gasteiger partial charge < -0.3 is 5.11 Å². The van der Waals surface area contributed by atoms with Gasteiger partial charge in [-0.1, -0.05) is 13.3 Å². The third-order valence-corrected chi connectivity index (χ3v) is 5.03. The Balaban J connectivity index is 2.00. The number of aliphatic hydroxyl groups is 1. The molecule has 3 fully saturated rings. The standard InChI is InChI=1S/C11H18O/c1-11-6-7-5-8(11)3-2-4-9(11)10(7)12/h7-10,12H,2-6H2,1H3/t7-,8+,9-,10-,11-/m1/s1. The fraction of sp³-hybridized carbons (Fsp3) is 1.00. The van der Waals surface area contributed by atoms with Crippen LogP contribution in [0.25, 0.3) is 0 Å². The molecule has 0 unspecified atom stereocenters. The average molecular weight is 166 g/mol. The zero-order valence-corrected chi connectivity index (χ0v) is 7.79. The van der Waals surface area contributed by atoms with Gasteiger partial charge >= 0.3 is 0 Å². The van der Waals surface area contributed by atoms with Crippen LogP contribution in [-0.2, 0) is 0 Å². The van der Waals surface area contributed by atoms with Crippen LogP contribution in [0, 0.1) is 23.2 Å². The molecule has 3 rings (SSSR count). The molecule has 0 aromatic heterocycles. The third kappa shape index (κ3) is 0.654. The lowest BCUT2D eigenvalue weighted by Crippen LogP contribution is -2.41. The molecule has 68 valence electrons. The van der Waals surface area contributed by atoms with E-state index in [4.69, 9.17) is 0 Å². The van der Waals surface area contributed by atoms with Crippen molar-refractivity contribution in [2.45, 2.75) is 45.1 Å². The fourth-order valence-corrected chi connectivity index (χ4v) is 4.41. The predicted octanol–water partition coefficient (Wildman–Crippen LogP) is 2.19. The first-order chi connectivity index (χ1) is 5.72. The highest BCUT2D eigenvalue weighted by molar-refractivity contribution is 5.09. The summed E-state index contributed by atoms with van der Waals surface area (Å²) in [5.41, 5.74) is 0.544. The van der Waals surface area contributed by atoms with Gasteiger partial charge in [-0.25, -0.2) is 0 Å². The number of fused-ring (bicyclic) bond motifs is 1. The second kappa shape index (κ2) is 2.06. The van der Waals surface area contributed by atoms with Crippen LogP contribution in [0.15, 0.2) is 0 Å². The first-order valence-corrected chi connectivity index (χ1v) is 5.40. The summed E-state index contributed by atoms with van der Waals surface area (Å²) in [5, 5.41) is 10.00. The molecule has 3 aliphatic rings. The first kappa shape index (κ1) is 7.37. The highest BCUT2D eigenvalue weighted by Gasteiger charge is 2.60. The lowest BCUT2D eigenvalue weighted by atomic mass is 9.61. The van der Waals surface area contributed by atoms with E-state index in [2.05, 4.69) is 6.92 Å². The van der Waals surface area contributed by atoms with Crippen LogP contribution in [-0.4, -0.2) is 11.2 Å². The molecule has 1 heteroatoms. The van der Waals surface area contributed by atoms with Gasteiger partial charge in [0.15, 0.2) is 0 Å². The monoisotopic (exact) mass is 166 g/mol. The molecular weight excluding hydrogens is 148 g/mol. The first-order valence-electron chi connectivity index (χ1n) is 5.40. The van der Waals surface area contributed by atoms with Crippen LogP contribution in [0.4, 0.5) is 0 Å². The minimum atomic E-state index is 0.0616. The van der Waals surface area contributed by atoms with Gasteiger partial charge in [0.2, 0.25) is 0 Å². The van der Waals surface area contributed by atoms with Crippen molar-refractivity contribution in [2.24, 2.45) is 23.2 Å². The molecule has 2 bridgehead atoms. The van der Waals surface area contributed by atoms with Crippen LogP contribution in [0.5, 0.6) is 0 Å². The van der Waals surface area contributed by atoms with Crippen molar-refractivity contribution >= 4 is 0 Å². The fourth-order valence-electron chi connectivity index (χ4n) is 4.41. The zero-order chi connectivity index (χ0) is 8.34. The SMILES string of the molecule is C[C@@]12C[C@H]3C[C@@H]1CCC[C@@H]2[C@@H]3O. The van der Waals surface area contributed by atoms with Crippen LogP contribution >= 0.6 is 0 Å². The lowest BCUT2D eigenvalue weighted by Gasteiger charge is -2.45. The van der Waals surface area contributed by atoms with Crippen molar-refractivity contribution in [3.8, 4) is 0 Å². The zero-order valence-electron chi connectivity index (χ0n) is 7.79. The molecule has 0 aliphatic heterocycles. The molecule has 0 aromatic carbocycles. The lowest BCUT2D eigenvalue weighted by molar-refractivity contribution is -0.0287. The van der Waals surface area contributed by atoms with Gasteiger partial charge in [0.25, 0.3) is 0 Å². The highest BCUT2D eigenvalue weighted by Crippen LogP contribution is 2.65. The van der Waals surface area contributed by atoms with E-state index >= 15 is 0 Å². The van der Waals surface area contributed by atoms with E-state index in [0.29, 0.717) is 17.3 Å². The summed E-state index contributed by atoms with van der Waals surface area (Å²) in [4.78, 5) is 0. The minimum absolute atomic E-state index is 0.0616. The Bertz CT molecular complexity index is 213. The molecule has 0 heterocycles. The van der Waals surface area contributed by atoms with Crippen molar-refractivity contribution in [3.05, 3.63) is 0 Å². The van der Waals surface area contributed by atoms with E-state index in [-0.39, 0.29) is 6.10 Å². The summed E-state index contributed by atoms with van der Waals surface area (Å²) in [6.07, 6.45) is 6.82. The molecule has 1 N–H and O–H groups in total. The van der Waals surface area contributed by atoms with Gasteiger partial charge in [-0.2, -0.15) is 0 Å². The molecule has 0 spiro atoms. The van der Waals surface area contributed by atoms with Crippen LogP contribution in [0.3, 0.4) is 0 Å². The van der Waals surface area contributed by atoms with E-state index in [0.717, 1.165) is 5.92 Å². The van der Waals surface area contributed by atoms with Crippen molar-refractivity contribution in [2.75, 3.05) is 0 Å². The Hall–Kier alpha value is -0.0400. The summed E-state index contributed by atoms with van der Waals surface area (Å²) < 4.78 is 0. The smallest absolute Gasteiger partial charge is 0.0602 e. The van der Waals surface area contributed by atoms with E-state index in [9.17, 15) is 5.11 Å². The summed E-state index contributed by atoms with van der Waals surface area (Å²) in [5.74, 6) is 2.30. The quantitative estimate of drug-likeness (QED) is 0.585. The molecule has 3 saturated carbocycles. The average Bonchev–Trinajstić information content (AvgIpc) is 2.47. The maximum atomic E-state index is 10.00. The van der Waals surface area contributed by atoms with E-state index in [1.54, 1.807) is 0 Å². The summed E-state index contributed by atoms with van der Waals surface area (Å²) in [6.45, 7) is 2.43. The molecule has 12 heavy (non-hydrogen) atoms. The number of hydrogen-bond acceptors (Lipinski definition) is 1. The topological polar surface area (TPSA) is 20.2 Å². The van der Waals surface area contributed by atoms with Gasteiger partial charge in [0.1, 0.15) is 0 Å². The maximum absolute atomic E-state index is 10.00. The Morgan fingerprint density at radius 2 is 2.17 bits per heavy atom. The molecular formula is C11H18O. The second-order valence-electron chi connectivity index (χ2n) is 5.43. The van der Waals surface area contributed by atoms with Gasteiger partial charge in [-0.15, -0.1) is 0 Å². The molecule has 0 aromatic rings. The minimum Gasteiger partial charge on any atom is -0.393 e. The van der Waals surface area contributed by atoms with Crippen molar-refractivity contribution in [1.82, 2.24) is 0 Å². The number of hydrogen-bond donors (Lipinski definition) is 1. The van der Waals surface area contributed by atoms with E-state index in [1.165, 1.54) is 32.1 Å². The molecule has 0 saturated heterocycles. The van der Waals surface area contributed by atoms with Crippen molar-refractivity contribution in [3.63, 3.8) is 0 Å². The van der Waals surface area contributed by atoms with Gasteiger partial charge in [-0.05, 0) is 48.9 Å². The van der Waals surface area contributed by atoms with E-state index < -0.39 is 0 Å². The molecule has 5 atom stereocenters. The molecule has 1 nitrogen and oxygen atoms in total. The Morgan fingerprint density at radius 3 is 2.83 bits per heavy atom. The third-order valence-electron chi connectivity index (χ3n) is 5.03. The Kier molecular flexibility index (Phi) is 1.27. The van der Waals surface area contributed by atoms with Gasteiger partial charge in [-0.3, -0.25) is 0 Å². The molecule has 0 radical (unpaired) electrons. The number of rotatable bonds is 0. The molecule has 3 aliphatic carbocycles. The second-order valence-corrected chi connectivity index (χ2v) is 5.43. The van der Waals surface area contributed by atoms with Crippen LogP contribution < -0.4 is 0 Å². The Labute approximate surface area is 74.2 Å². The highest BCUT2D eigenvalue weighted by atomic mass is 16.3. The van der Waals surface area contributed by atoms with Crippen molar-refractivity contribution in [1.29, 1.82) is 0 Å². The van der Waals surface area contributed by atoms with E-state index in [1.807, 2.05) is 0 Å². The number of aliphatic hydroxyl groups excluding tert-OH is 1. The van der Waals surface area contributed by atoms with Crippen molar-refractivity contribution < 1.29 is 5.11 Å². The Morgan fingerprint density at radius 1 is 1.33 bits per heavy atom. The van der Waals surface area contributed by atoms with Crippen LogP contribution in [0.1, 0.15) is 39.0 Å². The molecule has 0 amide bonds. The summed E-state index contributed by atoms with van der Waals surface area (Å²) in [6, 6.07) is 0. The summed E-state index contributed by atoms with van der Waals surface area (Å²) in [7, 11) is 0. The maximum Gasteiger partial charge on any atom is 0.0602 e. The van der Waals surface area contributed by atoms with Gasteiger partial charge in [0.05, 0.1) is 6.10 Å². The summed E-state index contributed by atoms with van der Waals surface area (Å²) >= 11 is 0. The van der Waals surface area contributed by atoms with Crippen LogP contribution in [0.2, 0.25) is 0 Å². The van der Waals surface area contributed by atoms with Gasteiger partial charge in [0, 0.05) is 0 Å². The predicted molar refractivity (Wildman–Crippen MR) is 47.7 cm³/mol. The largest absolute Gasteiger partial charge is 0.393 e.